The lowest BCUT2D eigenvalue weighted by molar-refractivity contribution is -0.384. The van der Waals surface area contributed by atoms with Gasteiger partial charge in [-0.2, -0.15) is 0 Å². The second kappa shape index (κ2) is 13.3. The van der Waals surface area contributed by atoms with E-state index in [1.807, 2.05) is 0 Å². The summed E-state index contributed by atoms with van der Waals surface area (Å²) in [5.41, 5.74) is -0.412. The largest absolute Gasteiger partial charge is 0.452 e. The Labute approximate surface area is 269 Å². The number of hydrogen-bond acceptors (Lipinski definition) is 11. The summed E-state index contributed by atoms with van der Waals surface area (Å²) in [6.07, 6.45) is -6.19. The highest BCUT2D eigenvalue weighted by Gasteiger charge is 2.50. The summed E-state index contributed by atoms with van der Waals surface area (Å²) in [5.74, 6) is -3.62. The van der Waals surface area contributed by atoms with Crippen LogP contribution in [0.1, 0.15) is 37.3 Å². The van der Waals surface area contributed by atoms with Crippen molar-refractivity contribution in [3.05, 3.63) is 146 Å². The van der Waals surface area contributed by atoms with E-state index < -0.39 is 65.4 Å². The van der Waals surface area contributed by atoms with Crippen LogP contribution in [0.15, 0.2) is 112 Å². The Morgan fingerprint density at radius 2 is 1.26 bits per heavy atom. The molecule has 0 amide bonds. The van der Waals surface area contributed by atoms with Crippen molar-refractivity contribution in [2.24, 2.45) is 0 Å². The number of non-ortho nitro benzene ring substituents is 1. The van der Waals surface area contributed by atoms with Gasteiger partial charge in [-0.3, -0.25) is 10.1 Å². The van der Waals surface area contributed by atoms with E-state index >= 15 is 0 Å². The Kier molecular flexibility index (Phi) is 8.82. The minimum Gasteiger partial charge on any atom is -0.452 e. The molecule has 0 bridgehead atoms. The highest BCUT2D eigenvalue weighted by Crippen LogP contribution is 2.36. The van der Waals surface area contributed by atoms with E-state index in [2.05, 4.69) is 0 Å². The monoisotopic (exact) mass is 658 g/mol. The number of halogens is 1. The van der Waals surface area contributed by atoms with E-state index in [4.69, 9.17) is 35.0 Å². The van der Waals surface area contributed by atoms with Crippen LogP contribution in [0.5, 0.6) is 0 Å². The predicted octanol–water partition coefficient (Wildman–Crippen LogP) is 5.36. The lowest BCUT2D eigenvalue weighted by Gasteiger charge is -2.40. The van der Waals surface area contributed by atoms with Gasteiger partial charge >= 0.3 is 23.7 Å². The standard InChI is InChI=1S/C33H23ClN2O11/c34-23-16-22(36(41)42)17-24-26(23)47-33(40)35(24)29-28(46-32(39)21-14-8-3-9-15-21)27(45-31(38)20-12-6-2-7-13-20)25(18-43-29)44-30(37)19-10-4-1-5-11-19/h1-17,25,27-29H,18H2. The van der Waals surface area contributed by atoms with Crippen molar-refractivity contribution in [3.63, 3.8) is 0 Å². The number of oxazole rings is 1. The first kappa shape index (κ1) is 31.2. The zero-order valence-corrected chi connectivity index (χ0v) is 24.9. The fraction of sp³-hybridized carbons (Fsp3) is 0.152. The summed E-state index contributed by atoms with van der Waals surface area (Å²) in [7, 11) is 0. The number of aromatic nitrogens is 1. The number of ether oxygens (including phenoxy) is 4. The number of nitrogens with zero attached hydrogens (tertiary/aromatic N) is 2. The smallest absolute Gasteiger partial charge is 0.422 e. The molecule has 238 valence electrons. The maximum Gasteiger partial charge on any atom is 0.422 e. The molecule has 0 aliphatic carbocycles. The third kappa shape index (κ3) is 6.48. The van der Waals surface area contributed by atoms with Crippen molar-refractivity contribution < 1.29 is 42.7 Å². The molecule has 14 heteroatoms. The highest BCUT2D eigenvalue weighted by atomic mass is 35.5. The zero-order chi connectivity index (χ0) is 33.1. The van der Waals surface area contributed by atoms with Crippen molar-refractivity contribution in [1.82, 2.24) is 4.57 Å². The molecule has 4 unspecified atom stereocenters. The van der Waals surface area contributed by atoms with E-state index in [1.165, 1.54) is 36.4 Å². The summed E-state index contributed by atoms with van der Waals surface area (Å²) in [6.45, 7) is -0.461. The van der Waals surface area contributed by atoms with Crippen LogP contribution >= 0.6 is 11.6 Å². The van der Waals surface area contributed by atoms with Gasteiger partial charge in [-0.05, 0) is 36.4 Å². The van der Waals surface area contributed by atoms with Crippen LogP contribution in [0.2, 0.25) is 5.02 Å². The van der Waals surface area contributed by atoms with Gasteiger partial charge < -0.3 is 23.4 Å². The van der Waals surface area contributed by atoms with E-state index in [1.54, 1.807) is 54.6 Å². The summed E-state index contributed by atoms with van der Waals surface area (Å²) in [5, 5.41) is 11.4. The number of nitro groups is 1. The fourth-order valence-electron chi connectivity index (χ4n) is 5.09. The number of hydrogen-bond donors (Lipinski definition) is 0. The Hall–Kier alpha value is -5.79. The summed E-state index contributed by atoms with van der Waals surface area (Å²) in [6, 6.07) is 25.7. The van der Waals surface area contributed by atoms with Gasteiger partial charge in [-0.15, -0.1) is 0 Å². The van der Waals surface area contributed by atoms with Crippen molar-refractivity contribution in [2.75, 3.05) is 6.61 Å². The van der Waals surface area contributed by atoms with Gasteiger partial charge in [0.15, 0.2) is 30.1 Å². The molecule has 2 heterocycles. The Balaban J connectivity index is 1.47. The lowest BCUT2D eigenvalue weighted by Crippen LogP contribution is -2.56. The van der Waals surface area contributed by atoms with Gasteiger partial charge in [0.2, 0.25) is 0 Å². The average molecular weight is 659 g/mol. The molecule has 13 nitrogen and oxygen atoms in total. The van der Waals surface area contributed by atoms with Gasteiger partial charge in [0.1, 0.15) is 5.52 Å². The van der Waals surface area contributed by atoms with Crippen molar-refractivity contribution >= 4 is 46.3 Å². The molecule has 4 atom stereocenters. The van der Waals surface area contributed by atoms with E-state index in [0.717, 1.165) is 16.7 Å². The maximum atomic E-state index is 13.5. The van der Waals surface area contributed by atoms with Gasteiger partial charge in [-0.1, -0.05) is 66.2 Å². The van der Waals surface area contributed by atoms with Gasteiger partial charge in [0.25, 0.3) is 5.69 Å². The topological polar surface area (TPSA) is 166 Å². The number of rotatable bonds is 8. The molecule has 1 aliphatic rings. The van der Waals surface area contributed by atoms with Gasteiger partial charge in [0, 0.05) is 12.1 Å². The zero-order valence-electron chi connectivity index (χ0n) is 24.1. The first-order valence-corrected chi connectivity index (χ1v) is 14.5. The van der Waals surface area contributed by atoms with Crippen LogP contribution in [-0.4, -0.2) is 52.3 Å². The molecule has 6 rings (SSSR count). The van der Waals surface area contributed by atoms with Gasteiger partial charge in [0.05, 0.1) is 33.2 Å². The third-order valence-corrected chi connectivity index (χ3v) is 7.58. The summed E-state index contributed by atoms with van der Waals surface area (Å²) in [4.78, 5) is 64.3. The number of carbonyl (C=O) groups excluding carboxylic acids is 3. The molecule has 1 fully saturated rings. The SMILES string of the molecule is O=C(OC1COC(n2c(=O)oc3c(Cl)cc([N+](=O)[O-])cc32)C(OC(=O)c2ccccc2)C1OC(=O)c1ccccc1)c1ccccc1. The Morgan fingerprint density at radius 1 is 0.766 bits per heavy atom. The molecule has 5 aromatic rings. The maximum absolute atomic E-state index is 13.5. The molecule has 1 aromatic heterocycles. The number of carbonyl (C=O) groups is 3. The number of nitro benzene ring substituents is 1. The van der Waals surface area contributed by atoms with Gasteiger partial charge in [-0.25, -0.2) is 23.7 Å². The Morgan fingerprint density at radius 3 is 1.77 bits per heavy atom. The predicted molar refractivity (Wildman–Crippen MR) is 164 cm³/mol. The highest BCUT2D eigenvalue weighted by molar-refractivity contribution is 6.35. The van der Waals surface area contributed by atoms with Crippen molar-refractivity contribution in [1.29, 1.82) is 0 Å². The van der Waals surface area contributed by atoms with Crippen molar-refractivity contribution in [2.45, 2.75) is 24.5 Å². The lowest BCUT2D eigenvalue weighted by atomic mass is 10.0. The molecule has 47 heavy (non-hydrogen) atoms. The molecule has 1 aliphatic heterocycles. The second-order valence-electron chi connectivity index (χ2n) is 10.3. The molecular formula is C33H23ClN2O11. The number of esters is 3. The molecule has 0 N–H and O–H groups in total. The first-order valence-electron chi connectivity index (χ1n) is 14.1. The normalized spacial score (nSPS) is 19.1. The first-order chi connectivity index (χ1) is 22.7. The molecule has 0 saturated carbocycles. The van der Waals surface area contributed by atoms with Crippen LogP contribution in [0.3, 0.4) is 0 Å². The summed E-state index contributed by atoms with van der Waals surface area (Å²) >= 11 is 6.23. The second-order valence-corrected chi connectivity index (χ2v) is 10.7. The molecular weight excluding hydrogens is 636 g/mol. The van der Waals surface area contributed by atoms with Crippen LogP contribution in [-0.2, 0) is 18.9 Å². The van der Waals surface area contributed by atoms with Crippen LogP contribution in [0.25, 0.3) is 11.1 Å². The number of fused-ring (bicyclic) bond motifs is 1. The third-order valence-electron chi connectivity index (χ3n) is 7.30. The van der Waals surface area contributed by atoms with E-state index in [-0.39, 0.29) is 32.8 Å². The minimum absolute atomic E-state index is 0.103. The quantitative estimate of drug-likeness (QED) is 0.0911. The Bertz CT molecular complexity index is 2010. The van der Waals surface area contributed by atoms with Crippen LogP contribution in [0.4, 0.5) is 5.69 Å². The van der Waals surface area contributed by atoms with E-state index in [0.29, 0.717) is 0 Å². The number of benzene rings is 4. The summed E-state index contributed by atoms with van der Waals surface area (Å²) < 4.78 is 29.7. The fourth-order valence-corrected chi connectivity index (χ4v) is 5.33. The molecule has 1 saturated heterocycles. The van der Waals surface area contributed by atoms with E-state index in [9.17, 15) is 29.3 Å². The molecule has 4 aromatic carbocycles. The molecule has 0 radical (unpaired) electrons. The van der Waals surface area contributed by atoms with Crippen molar-refractivity contribution in [3.8, 4) is 0 Å². The van der Waals surface area contributed by atoms with Crippen LogP contribution < -0.4 is 5.76 Å². The van der Waals surface area contributed by atoms with Crippen LogP contribution in [0, 0.1) is 10.1 Å². The minimum atomic E-state index is -1.67. The molecule has 0 spiro atoms. The average Bonchev–Trinajstić information content (AvgIpc) is 3.43.